The minimum atomic E-state index is -4.68. The Balaban J connectivity index is 1.83. The molecule has 11 heteroatoms. The van der Waals surface area contributed by atoms with Crippen molar-refractivity contribution in [2.24, 2.45) is 0 Å². The van der Waals surface area contributed by atoms with Crippen LogP contribution in [0.1, 0.15) is 5.82 Å². The molecule has 0 aliphatic carbocycles. The number of sulfonamides is 1. The molecule has 0 saturated carbocycles. The van der Waals surface area contributed by atoms with Crippen molar-refractivity contribution in [3.05, 3.63) is 53.4 Å². The predicted molar refractivity (Wildman–Crippen MR) is 89.2 cm³/mol. The van der Waals surface area contributed by atoms with Gasteiger partial charge in [-0.25, -0.2) is 23.1 Å². The van der Waals surface area contributed by atoms with E-state index in [-0.39, 0.29) is 29.1 Å². The number of pyridine rings is 1. The largest absolute Gasteiger partial charge is 0.449 e. The second-order valence-electron chi connectivity index (χ2n) is 5.28. The number of aromatic nitrogens is 3. The third kappa shape index (κ3) is 3.81. The Kier molecular flexibility index (Phi) is 4.91. The Morgan fingerprint density at radius 2 is 1.85 bits per heavy atom. The molecule has 3 aromatic rings. The Morgan fingerprint density at radius 3 is 2.50 bits per heavy atom. The van der Waals surface area contributed by atoms with E-state index in [9.17, 15) is 21.6 Å². The molecule has 0 aliphatic heterocycles. The number of imidazole rings is 1. The lowest BCUT2D eigenvalue weighted by Gasteiger charge is -2.12. The van der Waals surface area contributed by atoms with Crippen molar-refractivity contribution >= 4 is 32.8 Å². The third-order valence-electron chi connectivity index (χ3n) is 3.51. The summed E-state index contributed by atoms with van der Waals surface area (Å²) in [6.45, 7) is -0.550. The Bertz CT molecular complexity index is 1030. The van der Waals surface area contributed by atoms with Crippen LogP contribution in [0, 0.1) is 0 Å². The van der Waals surface area contributed by atoms with Gasteiger partial charge in [0.2, 0.25) is 15.8 Å². The van der Waals surface area contributed by atoms with E-state index >= 15 is 0 Å². The van der Waals surface area contributed by atoms with Gasteiger partial charge in [0.15, 0.2) is 5.65 Å². The molecule has 138 valence electrons. The van der Waals surface area contributed by atoms with Gasteiger partial charge in [-0.2, -0.15) is 13.2 Å². The summed E-state index contributed by atoms with van der Waals surface area (Å²) in [5.74, 6) is -1.13. The summed E-state index contributed by atoms with van der Waals surface area (Å²) >= 11 is 5.71. The Hall–Kier alpha value is -2.17. The first-order valence-corrected chi connectivity index (χ1v) is 9.18. The van der Waals surface area contributed by atoms with E-state index in [1.54, 1.807) is 0 Å². The zero-order valence-corrected chi connectivity index (χ0v) is 14.6. The minimum absolute atomic E-state index is 0.0329. The maximum absolute atomic E-state index is 13.2. The fourth-order valence-electron chi connectivity index (χ4n) is 2.38. The van der Waals surface area contributed by atoms with Crippen LogP contribution in [0.2, 0.25) is 5.02 Å². The molecule has 0 unspecified atom stereocenters. The zero-order valence-electron chi connectivity index (χ0n) is 13.0. The third-order valence-corrected chi connectivity index (χ3v) is 5.24. The summed E-state index contributed by atoms with van der Waals surface area (Å²) < 4.78 is 67.1. The number of rotatable bonds is 5. The highest BCUT2D eigenvalue weighted by Gasteiger charge is 2.37. The van der Waals surface area contributed by atoms with Gasteiger partial charge in [0.25, 0.3) is 0 Å². The van der Waals surface area contributed by atoms with E-state index in [1.807, 2.05) is 0 Å². The number of nitrogens with zero attached hydrogens (tertiary/aromatic N) is 3. The van der Waals surface area contributed by atoms with Gasteiger partial charge in [0.05, 0.1) is 4.90 Å². The monoisotopic (exact) mass is 404 g/mol. The van der Waals surface area contributed by atoms with Gasteiger partial charge in [-0.3, -0.25) is 0 Å². The molecular formula is C15H12ClF3N4O2S. The molecule has 1 aromatic carbocycles. The van der Waals surface area contributed by atoms with Gasteiger partial charge in [-0.1, -0.05) is 11.6 Å². The highest BCUT2D eigenvalue weighted by molar-refractivity contribution is 7.89. The van der Waals surface area contributed by atoms with Gasteiger partial charge in [0, 0.05) is 24.3 Å². The van der Waals surface area contributed by atoms with Crippen LogP contribution in [0.4, 0.5) is 13.2 Å². The minimum Gasteiger partial charge on any atom is -0.304 e. The predicted octanol–water partition coefficient (Wildman–Crippen LogP) is 3.08. The Morgan fingerprint density at radius 1 is 1.15 bits per heavy atom. The molecule has 2 heterocycles. The summed E-state index contributed by atoms with van der Waals surface area (Å²) in [6.07, 6.45) is -3.34. The van der Waals surface area contributed by atoms with E-state index in [0.29, 0.717) is 5.02 Å². The van der Waals surface area contributed by atoms with Crippen molar-refractivity contribution in [1.82, 2.24) is 19.3 Å². The summed E-state index contributed by atoms with van der Waals surface area (Å²) in [4.78, 5) is 7.42. The van der Waals surface area contributed by atoms with E-state index < -0.39 is 22.0 Å². The van der Waals surface area contributed by atoms with Crippen LogP contribution in [0.15, 0.2) is 47.5 Å². The fraction of sp³-hybridized carbons (Fsp3) is 0.200. The van der Waals surface area contributed by atoms with Crippen LogP contribution in [-0.4, -0.2) is 29.5 Å². The van der Waals surface area contributed by atoms with Crippen molar-refractivity contribution in [3.63, 3.8) is 0 Å². The van der Waals surface area contributed by atoms with Crippen molar-refractivity contribution < 1.29 is 21.6 Å². The number of halogens is 4. The van der Waals surface area contributed by atoms with Gasteiger partial charge in [0.1, 0.15) is 5.52 Å². The molecule has 0 atom stereocenters. The molecule has 0 fully saturated rings. The average Bonchev–Trinajstić information content (AvgIpc) is 2.94. The number of nitrogens with one attached hydrogen (secondary N) is 1. The second-order valence-corrected chi connectivity index (χ2v) is 7.49. The normalized spacial score (nSPS) is 12.6. The quantitative estimate of drug-likeness (QED) is 0.709. The lowest BCUT2D eigenvalue weighted by Crippen LogP contribution is -2.28. The van der Waals surface area contributed by atoms with Crippen LogP contribution >= 0.6 is 11.6 Å². The van der Waals surface area contributed by atoms with Crippen LogP contribution in [0.5, 0.6) is 0 Å². The summed E-state index contributed by atoms with van der Waals surface area (Å²) in [5.41, 5.74) is 0.117. The van der Waals surface area contributed by atoms with Crippen LogP contribution in [-0.2, 0) is 22.7 Å². The van der Waals surface area contributed by atoms with Crippen LogP contribution < -0.4 is 4.72 Å². The van der Waals surface area contributed by atoms with Crippen molar-refractivity contribution in [2.75, 3.05) is 6.54 Å². The maximum atomic E-state index is 13.2. The summed E-state index contributed by atoms with van der Waals surface area (Å²) in [5, 5.41) is 0.370. The van der Waals surface area contributed by atoms with Gasteiger partial charge >= 0.3 is 6.18 Å². The molecule has 2 aromatic heterocycles. The molecule has 0 bridgehead atoms. The first-order chi connectivity index (χ1) is 12.2. The standard InChI is InChI=1S/C15H12ClF3N4O2S/c16-10-3-5-11(6-4-10)26(24,25)21-8-9-23-13-12(2-1-7-20-13)22-14(23)15(17,18)19/h1-7,21H,8-9H2. The second kappa shape index (κ2) is 6.86. The number of fused-ring (bicyclic) bond motifs is 1. The fourth-order valence-corrected chi connectivity index (χ4v) is 3.52. The maximum Gasteiger partial charge on any atom is 0.449 e. The topological polar surface area (TPSA) is 76.9 Å². The van der Waals surface area contributed by atoms with E-state index in [1.165, 1.54) is 42.6 Å². The number of hydrogen-bond acceptors (Lipinski definition) is 4. The van der Waals surface area contributed by atoms with E-state index in [2.05, 4.69) is 14.7 Å². The Labute approximate surface area is 151 Å². The number of alkyl halides is 3. The average molecular weight is 405 g/mol. The van der Waals surface area contributed by atoms with Crippen LogP contribution in [0.25, 0.3) is 11.2 Å². The van der Waals surface area contributed by atoms with Crippen molar-refractivity contribution in [3.8, 4) is 0 Å². The molecule has 0 spiro atoms. The molecule has 6 nitrogen and oxygen atoms in total. The van der Waals surface area contributed by atoms with Gasteiger partial charge in [-0.15, -0.1) is 0 Å². The molecule has 0 radical (unpaired) electrons. The molecular weight excluding hydrogens is 393 g/mol. The lowest BCUT2D eigenvalue weighted by atomic mass is 10.4. The highest BCUT2D eigenvalue weighted by atomic mass is 35.5. The first kappa shape index (κ1) is 18.6. The summed E-state index contributed by atoms with van der Waals surface area (Å²) in [7, 11) is -3.88. The SMILES string of the molecule is O=S(=O)(NCCn1c(C(F)(F)F)nc2cccnc21)c1ccc(Cl)cc1. The smallest absolute Gasteiger partial charge is 0.304 e. The summed E-state index contributed by atoms with van der Waals surface area (Å²) in [6, 6.07) is 8.31. The molecule has 0 amide bonds. The molecule has 3 rings (SSSR count). The molecule has 0 saturated heterocycles. The van der Waals surface area contributed by atoms with Crippen molar-refractivity contribution in [2.45, 2.75) is 17.6 Å². The molecule has 26 heavy (non-hydrogen) atoms. The number of hydrogen-bond donors (Lipinski definition) is 1. The highest BCUT2D eigenvalue weighted by Crippen LogP contribution is 2.30. The zero-order chi connectivity index (χ0) is 18.9. The van der Waals surface area contributed by atoms with Gasteiger partial charge in [-0.05, 0) is 36.4 Å². The van der Waals surface area contributed by atoms with Crippen LogP contribution in [0.3, 0.4) is 0 Å². The lowest BCUT2D eigenvalue weighted by molar-refractivity contribution is -0.146. The van der Waals surface area contributed by atoms with E-state index in [4.69, 9.17) is 11.6 Å². The molecule has 0 aliphatic rings. The number of benzene rings is 1. The van der Waals surface area contributed by atoms with Gasteiger partial charge < -0.3 is 4.57 Å². The first-order valence-electron chi connectivity index (χ1n) is 7.32. The van der Waals surface area contributed by atoms with Crippen molar-refractivity contribution in [1.29, 1.82) is 0 Å². The van der Waals surface area contributed by atoms with E-state index in [0.717, 1.165) is 4.57 Å². The molecule has 1 N–H and O–H groups in total.